The minimum absolute atomic E-state index is 0.0197. The summed E-state index contributed by atoms with van der Waals surface area (Å²) >= 11 is 2.93. The van der Waals surface area contributed by atoms with E-state index >= 15 is 0 Å². The molecule has 0 aliphatic carbocycles. The van der Waals surface area contributed by atoms with E-state index < -0.39 is 23.8 Å². The van der Waals surface area contributed by atoms with Crippen LogP contribution >= 0.6 is 22.7 Å². The van der Waals surface area contributed by atoms with E-state index in [1.807, 2.05) is 36.4 Å². The van der Waals surface area contributed by atoms with Crippen LogP contribution in [0, 0.1) is 0 Å². The van der Waals surface area contributed by atoms with Crippen molar-refractivity contribution in [2.24, 2.45) is 10.2 Å². The lowest BCUT2D eigenvalue weighted by molar-refractivity contribution is -0.130. The Morgan fingerprint density at radius 3 is 1.48 bits per heavy atom. The number of unbranched alkanes of at least 4 members (excludes halogenated alkanes) is 3. The van der Waals surface area contributed by atoms with Crippen molar-refractivity contribution in [1.29, 1.82) is 0 Å². The van der Waals surface area contributed by atoms with Crippen LogP contribution in [0.2, 0.25) is 0 Å². The smallest absolute Gasteiger partial charge is 0.357 e. The highest BCUT2D eigenvalue weighted by Crippen LogP contribution is 2.39. The Bertz CT molecular complexity index is 2830. The maximum Gasteiger partial charge on any atom is 0.357 e. The highest BCUT2D eigenvalue weighted by Gasteiger charge is 2.36. The average Bonchev–Trinajstić information content (AvgIpc) is 4.12. The molecule has 7 aromatic rings. The molecule has 302 valence electrons. The summed E-state index contributed by atoms with van der Waals surface area (Å²) in [4.78, 5) is 54.6. The van der Waals surface area contributed by atoms with E-state index in [4.69, 9.17) is 0 Å². The van der Waals surface area contributed by atoms with Gasteiger partial charge in [-0.3, -0.25) is 9.59 Å². The number of hydrogen-bond donors (Lipinski definition) is 2. The number of thiophene rings is 2. The molecule has 2 amide bonds. The van der Waals surface area contributed by atoms with Gasteiger partial charge in [-0.1, -0.05) is 74.7 Å². The van der Waals surface area contributed by atoms with Crippen LogP contribution in [0.3, 0.4) is 0 Å². The van der Waals surface area contributed by atoms with E-state index in [-0.39, 0.29) is 22.6 Å². The summed E-state index contributed by atoms with van der Waals surface area (Å²) in [5.74, 6) is -3.56. The molecule has 9 rings (SSSR count). The highest BCUT2D eigenvalue weighted by molar-refractivity contribution is 7.16. The van der Waals surface area contributed by atoms with Gasteiger partial charge in [-0.05, 0) is 102 Å². The number of anilines is 2. The Hall–Kier alpha value is -7.22. The second-order valence-corrected chi connectivity index (χ2v) is 16.8. The largest absolute Gasteiger partial charge is 0.476 e. The number of fused-ring (bicyclic) bond motifs is 3. The van der Waals surface area contributed by atoms with Crippen molar-refractivity contribution in [2.75, 3.05) is 10.0 Å². The minimum atomic E-state index is -1.28. The van der Waals surface area contributed by atoms with Crippen LogP contribution in [0.15, 0.2) is 143 Å². The summed E-state index contributed by atoms with van der Waals surface area (Å²) < 4.78 is 2.39. The third-order valence-electron chi connectivity index (χ3n) is 10.7. The fourth-order valence-corrected chi connectivity index (χ4v) is 9.59. The van der Waals surface area contributed by atoms with E-state index in [2.05, 4.69) is 58.1 Å². The van der Waals surface area contributed by atoms with E-state index in [0.29, 0.717) is 11.4 Å². The third-order valence-corrected chi connectivity index (χ3v) is 12.8. The molecular formula is C48H37N5O6S2. The van der Waals surface area contributed by atoms with Crippen molar-refractivity contribution in [3.63, 3.8) is 0 Å². The molecule has 0 atom stereocenters. The van der Waals surface area contributed by atoms with Crippen LogP contribution < -0.4 is 10.0 Å². The first-order chi connectivity index (χ1) is 29.7. The molecule has 0 saturated carbocycles. The molecule has 2 N–H and O–H groups in total. The molecule has 0 unspecified atom stereocenters. The number of nitrogens with zero attached hydrogens (tertiary/aromatic N) is 5. The molecule has 0 fully saturated rings. The van der Waals surface area contributed by atoms with Gasteiger partial charge in [0.05, 0.1) is 22.5 Å². The lowest BCUT2D eigenvalue weighted by Crippen LogP contribution is -2.22. The Morgan fingerprint density at radius 1 is 0.590 bits per heavy atom. The number of hydrogen-bond acceptors (Lipinski definition) is 8. The summed E-state index contributed by atoms with van der Waals surface area (Å²) in [6, 6.07) is 38.1. The van der Waals surface area contributed by atoms with Crippen molar-refractivity contribution < 1.29 is 29.4 Å². The normalized spacial score (nSPS) is 15.5. The summed E-state index contributed by atoms with van der Waals surface area (Å²) in [6.07, 6.45) is 7.70. The maximum absolute atomic E-state index is 13.4. The Labute approximate surface area is 358 Å². The fraction of sp³-hybridized carbons (Fsp3) is 0.125. The molecule has 5 heterocycles. The first-order valence-corrected chi connectivity index (χ1v) is 21.4. The third kappa shape index (κ3) is 7.49. The number of carboxylic acid groups (broad SMARTS) is 2. The van der Waals surface area contributed by atoms with Crippen molar-refractivity contribution in [2.45, 2.75) is 39.2 Å². The van der Waals surface area contributed by atoms with Crippen LogP contribution in [0.1, 0.15) is 42.4 Å². The predicted octanol–water partition coefficient (Wildman–Crippen LogP) is 10.6. The summed E-state index contributed by atoms with van der Waals surface area (Å²) in [5, 5.41) is 32.6. The van der Waals surface area contributed by atoms with E-state index in [0.717, 1.165) is 88.3 Å². The lowest BCUT2D eigenvalue weighted by atomic mass is 10.1. The summed E-state index contributed by atoms with van der Waals surface area (Å²) in [6.45, 7) is 3.07. The zero-order valence-corrected chi connectivity index (χ0v) is 34.5. The lowest BCUT2D eigenvalue weighted by Gasteiger charge is -2.10. The molecule has 0 spiro atoms. The van der Waals surface area contributed by atoms with E-state index in [1.54, 1.807) is 60.7 Å². The van der Waals surface area contributed by atoms with Gasteiger partial charge in [0, 0.05) is 47.9 Å². The first-order valence-electron chi connectivity index (χ1n) is 19.8. The van der Waals surface area contributed by atoms with Crippen LogP contribution in [0.4, 0.5) is 11.4 Å². The number of benzene rings is 4. The standard InChI is InChI=1S/C48H37N5O6S2/c1-2-3-4-11-24-51-39-20-16-29(41-22-18-33(60-41)27-37-43(47(56)57)49-52(45(37)54)31-12-7-5-8-13-31)25-35(39)36-26-30(17-21-40(36)51)42-23-19-34(61-42)28-38-44(48(58)59)50-53(46(38)55)32-14-9-6-10-15-32/h5-10,12-23,25-28H,2-4,11,24H2,1H3,(H,56,57)(H,58,59)/b37-27-,38-28-. The van der Waals surface area contributed by atoms with Crippen molar-refractivity contribution in [3.8, 4) is 20.9 Å². The second kappa shape index (κ2) is 16.4. The first kappa shape index (κ1) is 39.3. The van der Waals surface area contributed by atoms with Crippen LogP contribution in [-0.4, -0.2) is 50.0 Å². The monoisotopic (exact) mass is 843 g/mol. The Kier molecular flexibility index (Phi) is 10.6. The molecule has 13 heteroatoms. The number of para-hydroxylation sites is 2. The predicted molar refractivity (Wildman–Crippen MR) is 244 cm³/mol. The molecule has 3 aromatic heterocycles. The van der Waals surface area contributed by atoms with Gasteiger partial charge < -0.3 is 14.8 Å². The van der Waals surface area contributed by atoms with Crippen LogP contribution in [0.5, 0.6) is 0 Å². The van der Waals surface area contributed by atoms with Gasteiger partial charge >= 0.3 is 11.9 Å². The number of carbonyl (C=O) groups is 4. The van der Waals surface area contributed by atoms with E-state index in [1.165, 1.54) is 29.1 Å². The quantitative estimate of drug-likeness (QED) is 0.0873. The molecule has 0 bridgehead atoms. The summed E-state index contributed by atoms with van der Waals surface area (Å²) in [7, 11) is 0. The molecular weight excluding hydrogens is 807 g/mol. The zero-order chi connectivity index (χ0) is 42.2. The van der Waals surface area contributed by atoms with E-state index in [9.17, 15) is 29.4 Å². The Balaban J connectivity index is 1.05. The summed E-state index contributed by atoms with van der Waals surface area (Å²) in [5.41, 5.74) is 4.61. The minimum Gasteiger partial charge on any atom is -0.476 e. The SMILES string of the molecule is CCCCCCn1c2ccc(-c3ccc(/C=C4\C(=O)N(c5ccccc5)N=C4C(=O)O)s3)cc2c2cc(-c3ccc(/C=C4\C(=O)N(c5ccccc5)N=C4C(=O)O)s3)ccc21. The number of carboxylic acids is 2. The van der Waals surface area contributed by atoms with Gasteiger partial charge in [0.2, 0.25) is 0 Å². The van der Waals surface area contributed by atoms with Crippen molar-refractivity contribution in [1.82, 2.24) is 4.57 Å². The number of amides is 2. The van der Waals surface area contributed by atoms with Gasteiger partial charge in [0.25, 0.3) is 11.8 Å². The van der Waals surface area contributed by atoms with Gasteiger partial charge in [-0.25, -0.2) is 9.59 Å². The fourth-order valence-electron chi connectivity index (χ4n) is 7.70. The van der Waals surface area contributed by atoms with Crippen LogP contribution in [0.25, 0.3) is 54.8 Å². The molecule has 2 aliphatic rings. The van der Waals surface area contributed by atoms with Crippen LogP contribution in [-0.2, 0) is 25.7 Å². The molecule has 2 aliphatic heterocycles. The van der Waals surface area contributed by atoms with Crippen molar-refractivity contribution in [3.05, 3.63) is 142 Å². The van der Waals surface area contributed by atoms with Gasteiger partial charge in [-0.2, -0.15) is 20.2 Å². The molecule has 0 saturated heterocycles. The van der Waals surface area contributed by atoms with Gasteiger partial charge in [0.15, 0.2) is 11.4 Å². The maximum atomic E-state index is 13.4. The van der Waals surface area contributed by atoms with Gasteiger partial charge in [-0.15, -0.1) is 22.7 Å². The number of aliphatic carboxylic acids is 2. The molecule has 11 nitrogen and oxygen atoms in total. The number of rotatable bonds is 13. The number of aromatic nitrogens is 1. The Morgan fingerprint density at radius 2 is 1.05 bits per heavy atom. The average molecular weight is 844 g/mol. The molecule has 0 radical (unpaired) electrons. The zero-order valence-electron chi connectivity index (χ0n) is 32.8. The number of hydrazone groups is 2. The second-order valence-electron chi connectivity index (χ2n) is 14.6. The number of aryl methyl sites for hydroxylation is 1. The van der Waals surface area contributed by atoms with Gasteiger partial charge in [0.1, 0.15) is 0 Å². The topological polar surface area (TPSA) is 145 Å². The highest BCUT2D eigenvalue weighted by atomic mass is 32.1. The molecule has 4 aromatic carbocycles. The number of carbonyl (C=O) groups excluding carboxylic acids is 2. The molecule has 61 heavy (non-hydrogen) atoms. The van der Waals surface area contributed by atoms with Crippen molar-refractivity contribution >= 4 is 103 Å².